The number of allylic oxidation sites excluding steroid dienone is 2. The number of carbonyl (C=O) groups is 2. The summed E-state index contributed by atoms with van der Waals surface area (Å²) < 4.78 is 34.6. The van der Waals surface area contributed by atoms with Crippen LogP contribution in [0.2, 0.25) is 0 Å². The molecule has 8 nitrogen and oxygen atoms in total. The van der Waals surface area contributed by atoms with Crippen LogP contribution in [0.3, 0.4) is 0 Å². The first-order chi connectivity index (χ1) is 17.9. The van der Waals surface area contributed by atoms with Crippen LogP contribution in [0, 0.1) is 11.7 Å². The summed E-state index contributed by atoms with van der Waals surface area (Å²) in [4.78, 5) is 31.9. The van der Waals surface area contributed by atoms with Crippen molar-refractivity contribution in [3.05, 3.63) is 59.6 Å². The number of carbonyl (C=O) groups excluding carboxylic acids is 2. The molecule has 2 fully saturated rings. The Hall–Kier alpha value is -3.11. The molecule has 2 heterocycles. The number of likely N-dealkylation sites (tertiary alicyclic amines) is 2. The summed E-state index contributed by atoms with van der Waals surface area (Å²) in [5, 5.41) is 9.85. The number of ether oxygens (including phenoxy) is 1. The van der Waals surface area contributed by atoms with Crippen LogP contribution in [0.5, 0.6) is 0 Å². The number of aliphatic hydroxyl groups excluding tert-OH is 1. The van der Waals surface area contributed by atoms with Gasteiger partial charge in [-0.25, -0.2) is 8.78 Å². The van der Waals surface area contributed by atoms with Crippen LogP contribution >= 0.6 is 0 Å². The third-order valence-electron chi connectivity index (χ3n) is 6.84. The number of halogens is 2. The maximum absolute atomic E-state index is 14.9. The topological polar surface area (TPSA) is 108 Å². The predicted molar refractivity (Wildman–Crippen MR) is 142 cm³/mol. The van der Waals surface area contributed by atoms with Gasteiger partial charge in [0.05, 0.1) is 24.0 Å². The van der Waals surface area contributed by atoms with Crippen LogP contribution in [-0.4, -0.2) is 90.1 Å². The highest BCUT2D eigenvalue weighted by Crippen LogP contribution is 2.23. The molecule has 0 spiro atoms. The lowest BCUT2D eigenvalue weighted by molar-refractivity contribution is -0.121. The number of hydrogen-bond acceptors (Lipinski definition) is 6. The summed E-state index contributed by atoms with van der Waals surface area (Å²) in [6.45, 7) is 9.63. The quantitative estimate of drug-likeness (QED) is 0.274. The van der Waals surface area contributed by atoms with E-state index < -0.39 is 35.4 Å². The minimum atomic E-state index is -1.20. The number of benzene rings is 1. The highest BCUT2D eigenvalue weighted by atomic mass is 19.1. The Labute approximate surface area is 222 Å². The van der Waals surface area contributed by atoms with E-state index in [4.69, 9.17) is 10.5 Å². The Morgan fingerprint density at radius 2 is 1.97 bits per heavy atom. The van der Waals surface area contributed by atoms with E-state index in [1.807, 2.05) is 0 Å². The van der Waals surface area contributed by atoms with Gasteiger partial charge in [0.1, 0.15) is 23.3 Å². The molecule has 0 bridgehead atoms. The molecule has 1 aromatic carbocycles. The average molecular weight is 533 g/mol. The Morgan fingerprint density at radius 3 is 2.55 bits per heavy atom. The van der Waals surface area contributed by atoms with Crippen molar-refractivity contribution in [2.75, 3.05) is 39.8 Å². The van der Waals surface area contributed by atoms with E-state index in [0.717, 1.165) is 30.8 Å². The van der Waals surface area contributed by atoms with Crippen molar-refractivity contribution in [3.63, 3.8) is 0 Å². The Bertz CT molecular complexity index is 1090. The molecule has 3 N–H and O–H groups in total. The molecule has 2 aliphatic heterocycles. The fourth-order valence-electron chi connectivity index (χ4n) is 4.90. The normalized spacial score (nSPS) is 21.7. The molecular weight excluding hydrogens is 494 g/mol. The summed E-state index contributed by atoms with van der Waals surface area (Å²) in [6.07, 6.45) is 4.31. The molecule has 0 radical (unpaired) electrons. The van der Waals surface area contributed by atoms with Gasteiger partial charge in [0.25, 0.3) is 5.91 Å². The highest BCUT2D eigenvalue weighted by Gasteiger charge is 2.38. The first kappa shape index (κ1) is 29.4. The smallest absolute Gasteiger partial charge is 0.257 e. The van der Waals surface area contributed by atoms with Gasteiger partial charge in [-0.2, -0.15) is 0 Å². The van der Waals surface area contributed by atoms with Crippen LogP contribution in [0.25, 0.3) is 0 Å². The van der Waals surface area contributed by atoms with Gasteiger partial charge in [-0.1, -0.05) is 12.6 Å². The molecule has 2 amide bonds. The zero-order valence-electron chi connectivity index (χ0n) is 22.3. The second-order valence-electron chi connectivity index (χ2n) is 10.6. The van der Waals surface area contributed by atoms with E-state index >= 15 is 0 Å². The maximum Gasteiger partial charge on any atom is 0.257 e. The van der Waals surface area contributed by atoms with Gasteiger partial charge >= 0.3 is 0 Å². The first-order valence-electron chi connectivity index (χ1n) is 12.8. The number of rotatable bonds is 10. The number of β-amino-alcohol motifs (C(OH)–C–C–N with tert-alkyl or cyclic N) is 1. The van der Waals surface area contributed by atoms with Gasteiger partial charge < -0.3 is 25.4 Å². The molecule has 0 unspecified atom stereocenters. The third kappa shape index (κ3) is 7.94. The second kappa shape index (κ2) is 12.6. The van der Waals surface area contributed by atoms with Gasteiger partial charge in [0.15, 0.2) is 0 Å². The van der Waals surface area contributed by atoms with Crippen LogP contribution in [-0.2, 0) is 9.53 Å². The average Bonchev–Trinajstić information content (AvgIpc) is 3.25. The SMILES string of the molecule is C=C(/C=C\C(=N/C)c1ccc(C(=O)N2C[C@H](O)C[C@H]2C(N)=O)c(F)c1)OCC1CCN(CC(C)(C)F)CC1. The van der Waals surface area contributed by atoms with Crippen LogP contribution < -0.4 is 5.73 Å². The molecule has 0 saturated carbocycles. The van der Waals surface area contributed by atoms with E-state index in [9.17, 15) is 23.5 Å². The highest BCUT2D eigenvalue weighted by molar-refractivity contribution is 6.09. The molecule has 208 valence electrons. The lowest BCUT2D eigenvalue weighted by Crippen LogP contribution is -2.44. The van der Waals surface area contributed by atoms with E-state index in [1.165, 1.54) is 12.1 Å². The first-order valence-corrected chi connectivity index (χ1v) is 12.8. The van der Waals surface area contributed by atoms with Gasteiger partial charge in [-0.15, -0.1) is 0 Å². The van der Waals surface area contributed by atoms with Crippen molar-refractivity contribution < 1.29 is 28.2 Å². The lowest BCUT2D eigenvalue weighted by Gasteiger charge is -2.34. The minimum Gasteiger partial charge on any atom is -0.494 e. The van der Waals surface area contributed by atoms with E-state index in [0.29, 0.717) is 36.1 Å². The molecular formula is C28H38F2N4O4. The zero-order chi connectivity index (χ0) is 28.0. The lowest BCUT2D eigenvalue weighted by atomic mass is 9.97. The molecule has 1 aromatic rings. The van der Waals surface area contributed by atoms with Gasteiger partial charge in [-0.05, 0) is 70.0 Å². The summed E-state index contributed by atoms with van der Waals surface area (Å²) in [7, 11) is 1.57. The molecule has 38 heavy (non-hydrogen) atoms. The van der Waals surface area contributed by atoms with Crippen molar-refractivity contribution in [3.8, 4) is 0 Å². The van der Waals surface area contributed by atoms with Crippen molar-refractivity contribution >= 4 is 17.5 Å². The Morgan fingerprint density at radius 1 is 1.29 bits per heavy atom. The van der Waals surface area contributed by atoms with Crippen LogP contribution in [0.4, 0.5) is 8.78 Å². The van der Waals surface area contributed by atoms with Gasteiger partial charge in [0.2, 0.25) is 5.91 Å². The van der Waals surface area contributed by atoms with E-state index in [-0.39, 0.29) is 18.5 Å². The number of aliphatic imine (C=N–C) groups is 1. The molecule has 10 heteroatoms. The fourth-order valence-corrected chi connectivity index (χ4v) is 4.90. The van der Waals surface area contributed by atoms with Crippen LogP contribution in [0.15, 0.2) is 47.7 Å². The Balaban J connectivity index is 1.55. The second-order valence-corrected chi connectivity index (χ2v) is 10.6. The molecule has 2 saturated heterocycles. The van der Waals surface area contributed by atoms with Gasteiger partial charge in [-0.3, -0.25) is 14.6 Å². The number of primary amides is 1. The van der Waals surface area contributed by atoms with Crippen molar-refractivity contribution in [2.24, 2.45) is 16.6 Å². The number of aliphatic hydroxyl groups is 1. The predicted octanol–water partition coefficient (Wildman–Crippen LogP) is 2.85. The molecule has 2 aliphatic rings. The number of alkyl halides is 1. The summed E-state index contributed by atoms with van der Waals surface area (Å²) >= 11 is 0. The number of hydrogen-bond donors (Lipinski definition) is 2. The van der Waals surface area contributed by atoms with E-state index in [1.54, 1.807) is 39.1 Å². The van der Waals surface area contributed by atoms with Crippen molar-refractivity contribution in [1.29, 1.82) is 0 Å². The van der Waals surface area contributed by atoms with Gasteiger partial charge in [0, 0.05) is 32.1 Å². The Kier molecular flexibility index (Phi) is 9.78. The summed E-state index contributed by atoms with van der Waals surface area (Å²) in [5.74, 6) is -1.42. The van der Waals surface area contributed by atoms with E-state index in [2.05, 4.69) is 16.5 Å². The third-order valence-corrected chi connectivity index (χ3v) is 6.84. The zero-order valence-corrected chi connectivity index (χ0v) is 22.3. The molecule has 0 aromatic heterocycles. The number of piperidine rings is 1. The molecule has 3 rings (SSSR count). The molecule has 0 aliphatic carbocycles. The monoisotopic (exact) mass is 532 g/mol. The van der Waals surface area contributed by atoms with Crippen molar-refractivity contribution in [1.82, 2.24) is 9.80 Å². The van der Waals surface area contributed by atoms with Crippen molar-refractivity contribution in [2.45, 2.75) is 50.9 Å². The number of nitrogens with two attached hydrogens (primary N) is 1. The largest absolute Gasteiger partial charge is 0.494 e. The number of amides is 2. The standard InChI is InChI=1S/C28H38F2N4O4/c1-18(38-16-19-9-11-33(12-10-19)17-28(2,3)30)5-8-24(32-4)20-6-7-22(23(29)13-20)27(37)34-15-21(35)14-25(34)26(31)36/h5-8,13,19,21,25,35H,1,9-12,14-17H2,2-4H3,(H2,31,36)/b8-5-,32-24+/t21-,25+/m1/s1. The fraction of sp³-hybridized carbons (Fsp3) is 0.536. The molecule has 2 atom stereocenters. The maximum atomic E-state index is 14.9. The number of nitrogens with zero attached hydrogens (tertiary/aromatic N) is 3. The summed E-state index contributed by atoms with van der Waals surface area (Å²) in [5.41, 5.74) is 4.82. The minimum absolute atomic E-state index is 0.0286. The summed E-state index contributed by atoms with van der Waals surface area (Å²) in [6, 6.07) is 3.11. The van der Waals surface area contributed by atoms with Crippen LogP contribution in [0.1, 0.15) is 49.0 Å².